The second-order valence-corrected chi connectivity index (χ2v) is 4.34. The first kappa shape index (κ1) is 14.9. The normalized spacial score (nSPS) is 10.1. The van der Waals surface area contributed by atoms with E-state index >= 15 is 0 Å². The van der Waals surface area contributed by atoms with Gasteiger partial charge in [0, 0.05) is 6.07 Å². The second-order valence-electron chi connectivity index (χ2n) is 4.07. The lowest BCUT2D eigenvalue weighted by molar-refractivity contribution is 0.239. The van der Waals surface area contributed by atoms with E-state index in [1.165, 1.54) is 12.1 Å². The van der Waals surface area contributed by atoms with Gasteiger partial charge in [0.15, 0.2) is 0 Å². The highest BCUT2D eigenvalue weighted by molar-refractivity contribution is 6.19. The van der Waals surface area contributed by atoms with Crippen LogP contribution in [0.3, 0.4) is 0 Å². The largest absolute Gasteiger partial charge is 0.492 e. The Morgan fingerprint density at radius 3 is 2.67 bits per heavy atom. The first-order valence-electron chi connectivity index (χ1n) is 6.18. The molecule has 0 N–H and O–H groups in total. The summed E-state index contributed by atoms with van der Waals surface area (Å²) in [7, 11) is 0. The van der Waals surface area contributed by atoms with E-state index in [9.17, 15) is 4.39 Å². The maximum absolute atomic E-state index is 13.2. The van der Waals surface area contributed by atoms with Crippen LogP contribution in [0.25, 0.3) is 0 Å². The van der Waals surface area contributed by atoms with Gasteiger partial charge in [-0.05, 0) is 18.1 Å². The average molecular weight is 269 g/mol. The fourth-order valence-electron chi connectivity index (χ4n) is 1.58. The maximum atomic E-state index is 13.2. The molecule has 1 aromatic carbocycles. The standard InChI is InChI=1S/C15H18ClFO/c1-3-12(4-2)11-18-15-10-14(17)8-7-13(15)6-5-9-16/h7-8,10,12H,3-4,9,11H2,1-2H3. The second kappa shape index (κ2) is 8.00. The third kappa shape index (κ3) is 4.58. The molecule has 0 saturated carbocycles. The molecular formula is C15H18ClFO. The van der Waals surface area contributed by atoms with Gasteiger partial charge in [-0.3, -0.25) is 0 Å². The molecule has 0 aliphatic rings. The quantitative estimate of drug-likeness (QED) is 0.574. The van der Waals surface area contributed by atoms with Gasteiger partial charge in [0.25, 0.3) is 0 Å². The maximum Gasteiger partial charge on any atom is 0.137 e. The van der Waals surface area contributed by atoms with Crippen molar-refractivity contribution in [3.63, 3.8) is 0 Å². The van der Waals surface area contributed by atoms with E-state index in [0.717, 1.165) is 12.8 Å². The van der Waals surface area contributed by atoms with E-state index in [1.807, 2.05) is 0 Å². The molecule has 0 aromatic heterocycles. The van der Waals surface area contributed by atoms with Gasteiger partial charge in [0.05, 0.1) is 18.1 Å². The van der Waals surface area contributed by atoms with Crippen molar-refractivity contribution in [3.8, 4) is 17.6 Å². The third-order valence-corrected chi connectivity index (χ3v) is 3.00. The van der Waals surface area contributed by atoms with Crippen molar-refractivity contribution < 1.29 is 9.13 Å². The minimum absolute atomic E-state index is 0.253. The summed E-state index contributed by atoms with van der Waals surface area (Å²) < 4.78 is 18.9. The highest BCUT2D eigenvalue weighted by Crippen LogP contribution is 2.21. The van der Waals surface area contributed by atoms with Crippen LogP contribution >= 0.6 is 11.6 Å². The predicted molar refractivity (Wildman–Crippen MR) is 73.6 cm³/mol. The zero-order valence-electron chi connectivity index (χ0n) is 10.8. The van der Waals surface area contributed by atoms with Gasteiger partial charge in [-0.25, -0.2) is 4.39 Å². The molecule has 0 heterocycles. The molecule has 0 saturated heterocycles. The average Bonchev–Trinajstić information content (AvgIpc) is 2.39. The van der Waals surface area contributed by atoms with Crippen LogP contribution < -0.4 is 4.74 Å². The first-order chi connectivity index (χ1) is 8.71. The van der Waals surface area contributed by atoms with Crippen molar-refractivity contribution in [1.29, 1.82) is 0 Å². The van der Waals surface area contributed by atoms with E-state index < -0.39 is 0 Å². The molecule has 0 aliphatic heterocycles. The summed E-state index contributed by atoms with van der Waals surface area (Å²) in [4.78, 5) is 0. The van der Waals surface area contributed by atoms with E-state index in [0.29, 0.717) is 23.8 Å². The Morgan fingerprint density at radius 2 is 2.06 bits per heavy atom. The lowest BCUT2D eigenvalue weighted by Gasteiger charge is -2.14. The number of halogens is 2. The summed E-state index contributed by atoms with van der Waals surface area (Å²) in [6.07, 6.45) is 2.10. The fourth-order valence-corrected chi connectivity index (χ4v) is 1.65. The van der Waals surface area contributed by atoms with Crippen LogP contribution in [-0.2, 0) is 0 Å². The number of benzene rings is 1. The highest BCUT2D eigenvalue weighted by Gasteiger charge is 2.08. The van der Waals surface area contributed by atoms with Crippen molar-refractivity contribution in [1.82, 2.24) is 0 Å². The van der Waals surface area contributed by atoms with Gasteiger partial charge in [-0.1, -0.05) is 38.5 Å². The molecule has 98 valence electrons. The van der Waals surface area contributed by atoms with Gasteiger partial charge < -0.3 is 4.74 Å². The first-order valence-corrected chi connectivity index (χ1v) is 6.71. The molecule has 0 spiro atoms. The van der Waals surface area contributed by atoms with Gasteiger partial charge in [-0.15, -0.1) is 11.6 Å². The molecule has 0 atom stereocenters. The van der Waals surface area contributed by atoms with Gasteiger partial charge in [0.1, 0.15) is 11.6 Å². The number of hydrogen-bond acceptors (Lipinski definition) is 1. The molecule has 0 amide bonds. The van der Waals surface area contributed by atoms with Crippen LogP contribution in [-0.4, -0.2) is 12.5 Å². The van der Waals surface area contributed by atoms with Crippen molar-refractivity contribution in [2.45, 2.75) is 26.7 Å². The number of hydrogen-bond donors (Lipinski definition) is 0. The van der Waals surface area contributed by atoms with Gasteiger partial charge in [-0.2, -0.15) is 0 Å². The Hall–Kier alpha value is -1.20. The van der Waals surface area contributed by atoms with Crippen LogP contribution in [0, 0.1) is 23.6 Å². The zero-order chi connectivity index (χ0) is 13.4. The molecule has 0 radical (unpaired) electrons. The Balaban J connectivity index is 2.82. The summed E-state index contributed by atoms with van der Waals surface area (Å²) in [6, 6.07) is 4.37. The molecule has 18 heavy (non-hydrogen) atoms. The van der Waals surface area contributed by atoms with Crippen LogP contribution in [0.15, 0.2) is 18.2 Å². The Labute approximate surface area is 113 Å². The van der Waals surface area contributed by atoms with Crippen LogP contribution in [0.5, 0.6) is 5.75 Å². The van der Waals surface area contributed by atoms with E-state index in [-0.39, 0.29) is 11.7 Å². The molecule has 0 bridgehead atoms. The van der Waals surface area contributed by atoms with E-state index in [2.05, 4.69) is 25.7 Å². The Kier molecular flexibility index (Phi) is 6.60. The molecule has 1 rings (SSSR count). The van der Waals surface area contributed by atoms with Gasteiger partial charge in [0.2, 0.25) is 0 Å². The Bertz CT molecular complexity index is 430. The number of rotatable bonds is 5. The number of ether oxygens (including phenoxy) is 1. The topological polar surface area (TPSA) is 9.23 Å². The molecular weight excluding hydrogens is 251 g/mol. The molecule has 1 aromatic rings. The summed E-state index contributed by atoms with van der Waals surface area (Å²) >= 11 is 5.52. The lowest BCUT2D eigenvalue weighted by atomic mass is 10.1. The minimum Gasteiger partial charge on any atom is -0.492 e. The summed E-state index contributed by atoms with van der Waals surface area (Å²) in [5.41, 5.74) is 0.683. The summed E-state index contributed by atoms with van der Waals surface area (Å²) in [5, 5.41) is 0. The van der Waals surface area contributed by atoms with Gasteiger partial charge >= 0.3 is 0 Å². The highest BCUT2D eigenvalue weighted by atomic mass is 35.5. The Morgan fingerprint density at radius 1 is 1.33 bits per heavy atom. The third-order valence-electron chi connectivity index (χ3n) is 2.86. The SMILES string of the molecule is CCC(CC)COc1cc(F)ccc1C#CCCl. The molecule has 0 fully saturated rings. The lowest BCUT2D eigenvalue weighted by Crippen LogP contribution is -2.10. The number of alkyl halides is 1. The molecule has 1 nitrogen and oxygen atoms in total. The molecule has 0 unspecified atom stereocenters. The van der Waals surface area contributed by atoms with Crippen molar-refractivity contribution >= 4 is 11.6 Å². The van der Waals surface area contributed by atoms with Crippen molar-refractivity contribution in [2.75, 3.05) is 12.5 Å². The van der Waals surface area contributed by atoms with Crippen LogP contribution in [0.1, 0.15) is 32.3 Å². The molecule has 0 aliphatic carbocycles. The zero-order valence-corrected chi connectivity index (χ0v) is 11.6. The minimum atomic E-state index is -0.314. The smallest absolute Gasteiger partial charge is 0.137 e. The molecule has 3 heteroatoms. The monoisotopic (exact) mass is 268 g/mol. The van der Waals surface area contributed by atoms with Crippen molar-refractivity contribution in [2.24, 2.45) is 5.92 Å². The van der Waals surface area contributed by atoms with E-state index in [1.54, 1.807) is 6.07 Å². The predicted octanol–water partition coefficient (Wildman–Crippen LogP) is 4.23. The van der Waals surface area contributed by atoms with Crippen LogP contribution in [0.4, 0.5) is 4.39 Å². The van der Waals surface area contributed by atoms with Crippen LogP contribution in [0.2, 0.25) is 0 Å². The van der Waals surface area contributed by atoms with Crippen molar-refractivity contribution in [3.05, 3.63) is 29.6 Å². The summed E-state index contributed by atoms with van der Waals surface area (Å²) in [6.45, 7) is 4.83. The summed E-state index contributed by atoms with van der Waals surface area (Å²) in [5.74, 6) is 6.56. The van der Waals surface area contributed by atoms with E-state index in [4.69, 9.17) is 16.3 Å². The fraction of sp³-hybridized carbons (Fsp3) is 0.467.